The van der Waals surface area contributed by atoms with Crippen molar-refractivity contribution >= 4 is 22.6 Å². The van der Waals surface area contributed by atoms with E-state index >= 15 is 0 Å². The molecule has 0 fully saturated rings. The van der Waals surface area contributed by atoms with Gasteiger partial charge in [0.05, 0.1) is 6.20 Å². The molecule has 0 bridgehead atoms. The van der Waals surface area contributed by atoms with Crippen LogP contribution in [0.15, 0.2) is 36.7 Å². The molecule has 0 aliphatic heterocycles. The lowest BCUT2D eigenvalue weighted by Crippen LogP contribution is -1.99. The van der Waals surface area contributed by atoms with Crippen LogP contribution in [-0.4, -0.2) is 9.78 Å². The molecule has 2 rings (SSSR count). The zero-order valence-corrected chi connectivity index (χ0v) is 11.0. The summed E-state index contributed by atoms with van der Waals surface area (Å²) in [5, 5.41) is 4.35. The van der Waals surface area contributed by atoms with Crippen LogP contribution in [0.3, 0.4) is 0 Å². The van der Waals surface area contributed by atoms with Gasteiger partial charge in [-0.1, -0.05) is 18.2 Å². The molecule has 0 saturated heterocycles. The SMILES string of the molecule is CC(C)n1cc(-c2ccccc2I)cn1. The van der Waals surface area contributed by atoms with Crippen LogP contribution in [-0.2, 0) is 0 Å². The lowest BCUT2D eigenvalue weighted by molar-refractivity contribution is 0.532. The van der Waals surface area contributed by atoms with Gasteiger partial charge in [-0.05, 0) is 48.1 Å². The van der Waals surface area contributed by atoms with Crippen molar-refractivity contribution in [2.24, 2.45) is 0 Å². The number of halogens is 1. The van der Waals surface area contributed by atoms with Gasteiger partial charge in [-0.25, -0.2) is 0 Å². The number of aromatic nitrogens is 2. The topological polar surface area (TPSA) is 17.8 Å². The summed E-state index contributed by atoms with van der Waals surface area (Å²) in [6.07, 6.45) is 4.03. The molecule has 3 heteroatoms. The Morgan fingerprint density at radius 3 is 2.60 bits per heavy atom. The van der Waals surface area contributed by atoms with Crippen molar-refractivity contribution in [3.63, 3.8) is 0 Å². The van der Waals surface area contributed by atoms with Gasteiger partial charge in [0.15, 0.2) is 0 Å². The Bertz CT molecular complexity index is 460. The highest BCUT2D eigenvalue weighted by molar-refractivity contribution is 14.1. The van der Waals surface area contributed by atoms with E-state index in [9.17, 15) is 0 Å². The Morgan fingerprint density at radius 2 is 2.00 bits per heavy atom. The van der Waals surface area contributed by atoms with Crippen LogP contribution in [0.25, 0.3) is 11.1 Å². The van der Waals surface area contributed by atoms with Crippen LogP contribution in [0.1, 0.15) is 19.9 Å². The highest BCUT2D eigenvalue weighted by Crippen LogP contribution is 2.24. The summed E-state index contributed by atoms with van der Waals surface area (Å²) in [4.78, 5) is 0. The van der Waals surface area contributed by atoms with Crippen LogP contribution in [0.4, 0.5) is 0 Å². The van der Waals surface area contributed by atoms with Gasteiger partial charge in [0.25, 0.3) is 0 Å². The second kappa shape index (κ2) is 4.35. The molecule has 0 saturated carbocycles. The van der Waals surface area contributed by atoms with Gasteiger partial charge in [0.2, 0.25) is 0 Å². The van der Waals surface area contributed by atoms with Gasteiger partial charge in [0, 0.05) is 21.4 Å². The van der Waals surface area contributed by atoms with Crippen LogP contribution >= 0.6 is 22.6 Å². The normalized spacial score (nSPS) is 10.9. The standard InChI is InChI=1S/C12H13IN2/c1-9(2)15-8-10(7-14-15)11-5-3-4-6-12(11)13/h3-9H,1-2H3. The summed E-state index contributed by atoms with van der Waals surface area (Å²) < 4.78 is 3.25. The Balaban J connectivity index is 2.42. The average molecular weight is 312 g/mol. The minimum absolute atomic E-state index is 0.417. The Kier molecular flexibility index (Phi) is 3.09. The van der Waals surface area contributed by atoms with Gasteiger partial charge < -0.3 is 0 Å². The highest BCUT2D eigenvalue weighted by atomic mass is 127. The Labute approximate surface area is 103 Å². The van der Waals surface area contributed by atoms with Crippen LogP contribution in [0.5, 0.6) is 0 Å². The van der Waals surface area contributed by atoms with Crippen LogP contribution < -0.4 is 0 Å². The Morgan fingerprint density at radius 1 is 1.27 bits per heavy atom. The quantitative estimate of drug-likeness (QED) is 0.773. The van der Waals surface area contributed by atoms with Crippen molar-refractivity contribution in [3.05, 3.63) is 40.2 Å². The number of hydrogen-bond acceptors (Lipinski definition) is 1. The maximum absolute atomic E-state index is 4.35. The molecule has 2 nitrogen and oxygen atoms in total. The smallest absolute Gasteiger partial charge is 0.0568 e. The van der Waals surface area contributed by atoms with E-state index in [-0.39, 0.29) is 0 Å². The fraction of sp³-hybridized carbons (Fsp3) is 0.250. The minimum atomic E-state index is 0.417. The summed E-state index contributed by atoms with van der Waals surface area (Å²) in [6, 6.07) is 8.77. The first-order valence-electron chi connectivity index (χ1n) is 4.97. The molecular weight excluding hydrogens is 299 g/mol. The molecule has 2 aromatic rings. The molecule has 0 radical (unpaired) electrons. The summed E-state index contributed by atoms with van der Waals surface area (Å²) in [6.45, 7) is 4.26. The van der Waals surface area contributed by atoms with Gasteiger partial charge in [-0.15, -0.1) is 0 Å². The van der Waals surface area contributed by atoms with Gasteiger partial charge in [-0.3, -0.25) is 4.68 Å². The van der Waals surface area contributed by atoms with Gasteiger partial charge in [0.1, 0.15) is 0 Å². The lowest BCUT2D eigenvalue weighted by atomic mass is 10.1. The molecule has 0 N–H and O–H groups in total. The largest absolute Gasteiger partial charge is 0.270 e. The summed E-state index contributed by atoms with van der Waals surface area (Å²) in [5.74, 6) is 0. The fourth-order valence-electron chi connectivity index (χ4n) is 1.45. The number of hydrogen-bond donors (Lipinski definition) is 0. The second-order valence-corrected chi connectivity index (χ2v) is 4.94. The Hall–Kier alpha value is -0.840. The van der Waals surface area contributed by atoms with Gasteiger partial charge >= 0.3 is 0 Å². The first-order chi connectivity index (χ1) is 7.18. The molecule has 0 spiro atoms. The van der Waals surface area contributed by atoms with Gasteiger partial charge in [-0.2, -0.15) is 5.10 Å². The van der Waals surface area contributed by atoms with Crippen molar-refractivity contribution in [2.75, 3.05) is 0 Å². The monoisotopic (exact) mass is 312 g/mol. The van der Waals surface area contributed by atoms with E-state index in [1.807, 2.05) is 10.9 Å². The third-order valence-electron chi connectivity index (χ3n) is 2.32. The van der Waals surface area contributed by atoms with E-state index < -0.39 is 0 Å². The van der Waals surface area contributed by atoms with Crippen LogP contribution in [0.2, 0.25) is 0 Å². The first kappa shape index (κ1) is 10.7. The lowest BCUT2D eigenvalue weighted by Gasteiger charge is -2.03. The first-order valence-corrected chi connectivity index (χ1v) is 6.05. The molecule has 1 aromatic carbocycles. The van der Waals surface area contributed by atoms with Crippen molar-refractivity contribution in [2.45, 2.75) is 19.9 Å². The van der Waals surface area contributed by atoms with Crippen molar-refractivity contribution in [1.82, 2.24) is 9.78 Å². The zero-order valence-electron chi connectivity index (χ0n) is 8.81. The molecule has 0 unspecified atom stereocenters. The number of nitrogens with zero attached hydrogens (tertiary/aromatic N) is 2. The molecule has 0 amide bonds. The minimum Gasteiger partial charge on any atom is -0.270 e. The average Bonchev–Trinajstić information content (AvgIpc) is 2.67. The van der Waals surface area contributed by atoms with E-state index in [2.05, 4.69) is 72.0 Å². The summed E-state index contributed by atoms with van der Waals surface area (Å²) >= 11 is 2.35. The van der Waals surface area contributed by atoms with E-state index in [0.29, 0.717) is 6.04 Å². The highest BCUT2D eigenvalue weighted by Gasteiger charge is 2.06. The molecule has 15 heavy (non-hydrogen) atoms. The molecule has 0 aliphatic carbocycles. The van der Waals surface area contributed by atoms with E-state index in [1.165, 1.54) is 14.7 Å². The maximum Gasteiger partial charge on any atom is 0.0568 e. The fourth-order valence-corrected chi connectivity index (χ4v) is 2.15. The zero-order chi connectivity index (χ0) is 10.8. The van der Waals surface area contributed by atoms with E-state index in [1.54, 1.807) is 0 Å². The number of benzene rings is 1. The van der Waals surface area contributed by atoms with E-state index in [0.717, 1.165) is 0 Å². The van der Waals surface area contributed by atoms with Crippen molar-refractivity contribution in [1.29, 1.82) is 0 Å². The molecule has 1 heterocycles. The molecule has 0 aliphatic rings. The van der Waals surface area contributed by atoms with Crippen molar-refractivity contribution < 1.29 is 0 Å². The molecule has 78 valence electrons. The van der Waals surface area contributed by atoms with E-state index in [4.69, 9.17) is 0 Å². The summed E-state index contributed by atoms with van der Waals surface area (Å²) in [7, 11) is 0. The predicted octanol–water partition coefficient (Wildman–Crippen LogP) is 3.74. The molecule has 0 atom stereocenters. The second-order valence-electron chi connectivity index (χ2n) is 3.78. The number of rotatable bonds is 2. The molecule has 1 aromatic heterocycles. The van der Waals surface area contributed by atoms with Crippen LogP contribution in [0, 0.1) is 3.57 Å². The maximum atomic E-state index is 4.35. The van der Waals surface area contributed by atoms with Crippen molar-refractivity contribution in [3.8, 4) is 11.1 Å². The third kappa shape index (κ3) is 2.22. The predicted molar refractivity (Wildman–Crippen MR) is 70.8 cm³/mol. The third-order valence-corrected chi connectivity index (χ3v) is 3.26. The summed E-state index contributed by atoms with van der Waals surface area (Å²) in [5.41, 5.74) is 2.44. The molecular formula is C12H13IN2.